The van der Waals surface area contributed by atoms with E-state index in [0.717, 1.165) is 26.1 Å². The number of halogens is 2. The van der Waals surface area contributed by atoms with Crippen LogP contribution in [0.15, 0.2) is 75.9 Å². The average Bonchev–Trinajstić information content (AvgIpc) is 3.00. The van der Waals surface area contributed by atoms with E-state index in [-0.39, 0.29) is 10.7 Å². The maximum absolute atomic E-state index is 12.9. The number of amides is 2. The van der Waals surface area contributed by atoms with Crippen LogP contribution in [0.25, 0.3) is 0 Å². The molecule has 8 heteroatoms. The van der Waals surface area contributed by atoms with Crippen LogP contribution in [-0.4, -0.2) is 17.8 Å². The molecule has 172 valence electrons. The van der Waals surface area contributed by atoms with E-state index in [2.05, 4.69) is 21.2 Å². The van der Waals surface area contributed by atoms with Crippen molar-refractivity contribution in [3.05, 3.63) is 98.1 Å². The molecule has 1 aliphatic heterocycles. The van der Waals surface area contributed by atoms with E-state index in [1.807, 2.05) is 45.0 Å². The fourth-order valence-electron chi connectivity index (χ4n) is 3.58. The Morgan fingerprint density at radius 3 is 2.09 bits per heavy atom. The minimum absolute atomic E-state index is 0.0244. The molecule has 0 saturated heterocycles. The molecule has 0 unspecified atom stereocenters. The molecule has 1 heterocycles. The quantitative estimate of drug-likeness (QED) is 0.243. The molecule has 4 rings (SSSR count). The van der Waals surface area contributed by atoms with E-state index in [1.54, 1.807) is 36.4 Å². The summed E-state index contributed by atoms with van der Waals surface area (Å²) in [5, 5.41) is 2.70. The monoisotopic (exact) mass is 538 g/mol. The van der Waals surface area contributed by atoms with E-state index in [9.17, 15) is 14.4 Å². The molecule has 0 radical (unpaired) electrons. The van der Waals surface area contributed by atoms with Crippen molar-refractivity contribution >= 4 is 56.7 Å². The predicted molar refractivity (Wildman–Crippen MR) is 135 cm³/mol. The molecule has 0 atom stereocenters. The van der Waals surface area contributed by atoms with Crippen molar-refractivity contribution in [3.63, 3.8) is 0 Å². The van der Waals surface area contributed by atoms with Gasteiger partial charge in [0.15, 0.2) is 0 Å². The van der Waals surface area contributed by atoms with E-state index in [4.69, 9.17) is 16.3 Å². The minimum Gasteiger partial charge on any atom is -0.422 e. The third-order valence-electron chi connectivity index (χ3n) is 5.33. The first-order chi connectivity index (χ1) is 16.2. The first-order valence-corrected chi connectivity index (χ1v) is 11.5. The summed E-state index contributed by atoms with van der Waals surface area (Å²) in [7, 11) is 0. The summed E-state index contributed by atoms with van der Waals surface area (Å²) in [6.07, 6.45) is 0. The first-order valence-electron chi connectivity index (χ1n) is 10.4. The SMILES string of the molecule is Cc1ccc(N2C(=O)C(Cl)=C(Nc3ccc(C(=O)Oc4c(C)cc(Br)cc4C)cc3)C2=O)cc1. The summed E-state index contributed by atoms with van der Waals surface area (Å²) in [5.41, 5.74) is 3.92. The summed E-state index contributed by atoms with van der Waals surface area (Å²) in [5.74, 6) is -1.14. The summed E-state index contributed by atoms with van der Waals surface area (Å²) in [6, 6.07) is 17.1. The van der Waals surface area contributed by atoms with Crippen molar-refractivity contribution in [2.24, 2.45) is 0 Å². The molecular formula is C26H20BrClN2O4. The number of esters is 1. The summed E-state index contributed by atoms with van der Waals surface area (Å²) in [6.45, 7) is 5.64. The summed E-state index contributed by atoms with van der Waals surface area (Å²) in [4.78, 5) is 39.2. The lowest BCUT2D eigenvalue weighted by atomic mass is 10.1. The van der Waals surface area contributed by atoms with Gasteiger partial charge in [0, 0.05) is 10.2 Å². The normalized spacial score (nSPS) is 13.5. The average molecular weight is 540 g/mol. The molecule has 6 nitrogen and oxygen atoms in total. The van der Waals surface area contributed by atoms with Crippen LogP contribution >= 0.6 is 27.5 Å². The molecular weight excluding hydrogens is 520 g/mol. The Hall–Kier alpha value is -3.42. The van der Waals surface area contributed by atoms with Crippen LogP contribution in [0.5, 0.6) is 5.75 Å². The Morgan fingerprint density at radius 1 is 0.912 bits per heavy atom. The molecule has 3 aromatic carbocycles. The minimum atomic E-state index is -0.599. The zero-order valence-electron chi connectivity index (χ0n) is 18.6. The molecule has 3 aromatic rings. The number of nitrogens with zero attached hydrogens (tertiary/aromatic N) is 1. The molecule has 0 saturated carbocycles. The Morgan fingerprint density at radius 2 is 1.50 bits per heavy atom. The van der Waals surface area contributed by atoms with Crippen LogP contribution < -0.4 is 15.0 Å². The molecule has 0 fully saturated rings. The van der Waals surface area contributed by atoms with Gasteiger partial charge in [-0.3, -0.25) is 9.59 Å². The molecule has 0 aromatic heterocycles. The molecule has 34 heavy (non-hydrogen) atoms. The number of carbonyl (C=O) groups is 3. The zero-order chi connectivity index (χ0) is 24.6. The largest absolute Gasteiger partial charge is 0.422 e. The third kappa shape index (κ3) is 4.62. The number of rotatable bonds is 5. The lowest BCUT2D eigenvalue weighted by Crippen LogP contribution is -2.32. The number of imide groups is 1. The molecule has 2 amide bonds. The Labute approximate surface area is 210 Å². The second kappa shape index (κ2) is 9.44. The number of aryl methyl sites for hydroxylation is 3. The summed E-state index contributed by atoms with van der Waals surface area (Å²) >= 11 is 9.61. The van der Waals surface area contributed by atoms with Gasteiger partial charge in [-0.2, -0.15) is 0 Å². The van der Waals surface area contributed by atoms with Gasteiger partial charge in [0.05, 0.1) is 11.3 Å². The topological polar surface area (TPSA) is 75.7 Å². The predicted octanol–water partition coefficient (Wildman–Crippen LogP) is 6.03. The van der Waals surface area contributed by atoms with Gasteiger partial charge < -0.3 is 10.1 Å². The van der Waals surface area contributed by atoms with E-state index in [1.165, 1.54) is 0 Å². The van der Waals surface area contributed by atoms with E-state index >= 15 is 0 Å². The standard InChI is InChI=1S/C26H20BrClN2O4/c1-14-4-10-20(11-5-14)30-24(31)21(28)22(25(30)32)29-19-8-6-17(7-9-19)26(33)34-23-15(2)12-18(27)13-16(23)3/h4-13,29H,1-3H3. The number of ether oxygens (including phenoxy) is 1. The fraction of sp³-hybridized carbons (Fsp3) is 0.115. The van der Waals surface area contributed by atoms with Gasteiger partial charge in [-0.15, -0.1) is 0 Å². The maximum Gasteiger partial charge on any atom is 0.343 e. The number of anilines is 2. The third-order valence-corrected chi connectivity index (χ3v) is 6.14. The van der Waals surface area contributed by atoms with Crippen molar-refractivity contribution in [1.29, 1.82) is 0 Å². The maximum atomic E-state index is 12.9. The number of carbonyl (C=O) groups excluding carboxylic acids is 3. The fourth-order valence-corrected chi connectivity index (χ4v) is 4.48. The van der Waals surface area contributed by atoms with Gasteiger partial charge in [-0.05, 0) is 80.4 Å². The van der Waals surface area contributed by atoms with Gasteiger partial charge >= 0.3 is 5.97 Å². The van der Waals surface area contributed by atoms with Gasteiger partial charge in [0.2, 0.25) is 0 Å². The molecule has 1 N–H and O–H groups in total. The molecule has 0 aliphatic carbocycles. The van der Waals surface area contributed by atoms with Gasteiger partial charge in [0.25, 0.3) is 11.8 Å². The second-order valence-corrected chi connectivity index (χ2v) is 9.22. The lowest BCUT2D eigenvalue weighted by Gasteiger charge is -2.15. The smallest absolute Gasteiger partial charge is 0.343 e. The lowest BCUT2D eigenvalue weighted by molar-refractivity contribution is -0.120. The Balaban J connectivity index is 1.49. The highest BCUT2D eigenvalue weighted by molar-refractivity contribution is 9.10. The van der Waals surface area contributed by atoms with Gasteiger partial charge in [-0.25, -0.2) is 9.69 Å². The molecule has 0 bridgehead atoms. The summed E-state index contributed by atoms with van der Waals surface area (Å²) < 4.78 is 6.50. The first kappa shape index (κ1) is 23.7. The van der Waals surface area contributed by atoms with Crippen molar-refractivity contribution in [2.45, 2.75) is 20.8 Å². The zero-order valence-corrected chi connectivity index (χ0v) is 21.0. The number of hydrogen-bond donors (Lipinski definition) is 1. The molecule has 0 spiro atoms. The number of hydrogen-bond acceptors (Lipinski definition) is 5. The van der Waals surface area contributed by atoms with Gasteiger partial charge in [0.1, 0.15) is 16.5 Å². The van der Waals surface area contributed by atoms with Crippen LogP contribution in [0.4, 0.5) is 11.4 Å². The number of nitrogens with one attached hydrogen (secondary N) is 1. The van der Waals surface area contributed by atoms with Crippen LogP contribution in [0.3, 0.4) is 0 Å². The highest BCUT2D eigenvalue weighted by Gasteiger charge is 2.38. The van der Waals surface area contributed by atoms with E-state index < -0.39 is 17.8 Å². The Kier molecular flexibility index (Phi) is 6.59. The van der Waals surface area contributed by atoms with E-state index in [0.29, 0.717) is 22.7 Å². The van der Waals surface area contributed by atoms with Crippen LogP contribution in [0.1, 0.15) is 27.0 Å². The van der Waals surface area contributed by atoms with Crippen LogP contribution in [-0.2, 0) is 9.59 Å². The highest BCUT2D eigenvalue weighted by atomic mass is 79.9. The van der Waals surface area contributed by atoms with Gasteiger partial charge in [-0.1, -0.05) is 45.2 Å². The van der Waals surface area contributed by atoms with Crippen LogP contribution in [0, 0.1) is 20.8 Å². The Bertz CT molecular complexity index is 1330. The van der Waals surface area contributed by atoms with Crippen molar-refractivity contribution < 1.29 is 19.1 Å². The van der Waals surface area contributed by atoms with Crippen LogP contribution in [0.2, 0.25) is 0 Å². The van der Waals surface area contributed by atoms with Crippen molar-refractivity contribution in [1.82, 2.24) is 0 Å². The van der Waals surface area contributed by atoms with Crippen molar-refractivity contribution in [2.75, 3.05) is 10.2 Å². The highest BCUT2D eigenvalue weighted by Crippen LogP contribution is 2.31. The van der Waals surface area contributed by atoms with Crippen molar-refractivity contribution in [3.8, 4) is 5.75 Å². The second-order valence-electron chi connectivity index (χ2n) is 7.93. The number of benzene rings is 3. The molecule has 1 aliphatic rings.